The largest absolute Gasteiger partial charge is 0.398 e. The maximum absolute atomic E-state index is 12.6. The molecule has 0 amide bonds. The highest BCUT2D eigenvalue weighted by Crippen LogP contribution is 2.29. The van der Waals surface area contributed by atoms with Crippen LogP contribution in [0.5, 0.6) is 0 Å². The van der Waals surface area contributed by atoms with Gasteiger partial charge in [0.15, 0.2) is 0 Å². The van der Waals surface area contributed by atoms with E-state index in [9.17, 15) is 13.5 Å². The standard InChI is InChI=1S/C15H24N2O3S/c1-9-7-10(2)15(11(3)14(9)16)21(19,20)17-8-12-5-4-6-13(12)18/h7,12-13,17-18H,4-6,8,16H2,1-3H3. The second kappa shape index (κ2) is 5.94. The van der Waals surface area contributed by atoms with Crippen molar-refractivity contribution in [1.29, 1.82) is 0 Å². The van der Waals surface area contributed by atoms with Crippen molar-refractivity contribution in [3.8, 4) is 0 Å². The van der Waals surface area contributed by atoms with Crippen LogP contribution in [0.2, 0.25) is 0 Å². The average molecular weight is 312 g/mol. The van der Waals surface area contributed by atoms with Gasteiger partial charge in [-0.2, -0.15) is 0 Å². The van der Waals surface area contributed by atoms with Crippen molar-refractivity contribution >= 4 is 15.7 Å². The Morgan fingerprint density at radius 2 is 1.95 bits per heavy atom. The summed E-state index contributed by atoms with van der Waals surface area (Å²) in [5, 5.41) is 9.79. The van der Waals surface area contributed by atoms with Crippen LogP contribution in [0.25, 0.3) is 0 Å². The molecule has 1 aromatic rings. The van der Waals surface area contributed by atoms with Crippen LogP contribution in [0.3, 0.4) is 0 Å². The molecule has 4 N–H and O–H groups in total. The number of nitrogens with one attached hydrogen (secondary N) is 1. The number of anilines is 1. The molecule has 0 aromatic heterocycles. The predicted molar refractivity (Wildman–Crippen MR) is 83.6 cm³/mol. The van der Waals surface area contributed by atoms with E-state index in [2.05, 4.69) is 4.72 Å². The summed E-state index contributed by atoms with van der Waals surface area (Å²) < 4.78 is 27.7. The summed E-state index contributed by atoms with van der Waals surface area (Å²) in [5.74, 6) is 0.00295. The van der Waals surface area contributed by atoms with Gasteiger partial charge in [0.2, 0.25) is 10.0 Å². The van der Waals surface area contributed by atoms with E-state index < -0.39 is 16.1 Å². The highest BCUT2D eigenvalue weighted by molar-refractivity contribution is 7.89. The van der Waals surface area contributed by atoms with Gasteiger partial charge in [0.05, 0.1) is 11.0 Å². The van der Waals surface area contributed by atoms with Gasteiger partial charge in [-0.05, 0) is 56.2 Å². The molecule has 5 nitrogen and oxygen atoms in total. The number of nitrogens with two attached hydrogens (primary N) is 1. The molecule has 1 aliphatic carbocycles. The quantitative estimate of drug-likeness (QED) is 0.737. The molecule has 1 fully saturated rings. The minimum atomic E-state index is -3.61. The fourth-order valence-electron chi connectivity index (χ4n) is 3.14. The first-order valence-corrected chi connectivity index (χ1v) is 8.76. The summed E-state index contributed by atoms with van der Waals surface area (Å²) in [6.45, 7) is 5.65. The van der Waals surface area contributed by atoms with E-state index in [0.717, 1.165) is 24.8 Å². The van der Waals surface area contributed by atoms with Crippen LogP contribution in [0, 0.1) is 26.7 Å². The minimum absolute atomic E-state index is 0.00295. The zero-order valence-electron chi connectivity index (χ0n) is 12.8. The number of aryl methyl sites for hydroxylation is 2. The van der Waals surface area contributed by atoms with Gasteiger partial charge in [-0.3, -0.25) is 0 Å². The first kappa shape index (κ1) is 16.3. The average Bonchev–Trinajstić information content (AvgIpc) is 2.79. The number of hydrogen-bond acceptors (Lipinski definition) is 4. The molecule has 2 rings (SSSR count). The molecule has 0 bridgehead atoms. The predicted octanol–water partition coefficient (Wildman–Crippen LogP) is 1.63. The third-order valence-corrected chi connectivity index (χ3v) is 6.10. The van der Waals surface area contributed by atoms with Crippen LogP contribution in [0.15, 0.2) is 11.0 Å². The summed E-state index contributed by atoms with van der Waals surface area (Å²) >= 11 is 0. The lowest BCUT2D eigenvalue weighted by Gasteiger charge is -2.18. The highest BCUT2D eigenvalue weighted by atomic mass is 32.2. The molecule has 1 aliphatic rings. The Morgan fingerprint density at radius 3 is 2.52 bits per heavy atom. The molecule has 0 spiro atoms. The maximum atomic E-state index is 12.6. The molecule has 6 heteroatoms. The molecule has 1 aromatic carbocycles. The van der Waals surface area contributed by atoms with Gasteiger partial charge in [-0.1, -0.05) is 12.5 Å². The van der Waals surface area contributed by atoms with Crippen molar-refractivity contribution in [3.05, 3.63) is 22.8 Å². The lowest BCUT2D eigenvalue weighted by atomic mass is 10.1. The normalized spacial score (nSPS) is 22.7. The molecule has 21 heavy (non-hydrogen) atoms. The van der Waals surface area contributed by atoms with Crippen molar-refractivity contribution < 1.29 is 13.5 Å². The number of aliphatic hydroxyl groups excluding tert-OH is 1. The Hall–Kier alpha value is -1.11. The third kappa shape index (κ3) is 3.22. The first-order valence-electron chi connectivity index (χ1n) is 7.28. The van der Waals surface area contributed by atoms with E-state index in [0.29, 0.717) is 16.8 Å². The summed E-state index contributed by atoms with van der Waals surface area (Å²) in [6, 6.07) is 1.79. The number of sulfonamides is 1. The Bertz CT molecular complexity index is 641. The molecule has 1 saturated carbocycles. The van der Waals surface area contributed by atoms with Crippen molar-refractivity contribution in [2.24, 2.45) is 5.92 Å². The lowest BCUT2D eigenvalue weighted by Crippen LogP contribution is -2.33. The smallest absolute Gasteiger partial charge is 0.241 e. The van der Waals surface area contributed by atoms with E-state index in [-0.39, 0.29) is 17.4 Å². The van der Waals surface area contributed by atoms with Crippen molar-refractivity contribution in [1.82, 2.24) is 4.72 Å². The second-order valence-electron chi connectivity index (χ2n) is 5.99. The van der Waals surface area contributed by atoms with Crippen LogP contribution in [0.4, 0.5) is 5.69 Å². The zero-order chi connectivity index (χ0) is 15.8. The Labute approximate surface area is 126 Å². The van der Waals surface area contributed by atoms with Gasteiger partial charge in [0.1, 0.15) is 0 Å². The lowest BCUT2D eigenvalue weighted by molar-refractivity contribution is 0.134. The van der Waals surface area contributed by atoms with Crippen LogP contribution < -0.4 is 10.5 Å². The summed E-state index contributed by atoms with van der Waals surface area (Å²) in [7, 11) is -3.61. The van der Waals surface area contributed by atoms with Crippen LogP contribution >= 0.6 is 0 Å². The summed E-state index contributed by atoms with van der Waals surface area (Å²) in [5.41, 5.74) is 8.64. The van der Waals surface area contributed by atoms with Crippen LogP contribution in [-0.4, -0.2) is 26.2 Å². The molecular weight excluding hydrogens is 288 g/mol. The van der Waals surface area contributed by atoms with Crippen molar-refractivity contribution in [2.45, 2.75) is 51.0 Å². The van der Waals surface area contributed by atoms with E-state index in [4.69, 9.17) is 5.73 Å². The van der Waals surface area contributed by atoms with Gasteiger partial charge < -0.3 is 10.8 Å². The molecule has 0 heterocycles. The van der Waals surface area contributed by atoms with Gasteiger partial charge in [0, 0.05) is 12.2 Å². The van der Waals surface area contributed by atoms with Gasteiger partial charge >= 0.3 is 0 Å². The van der Waals surface area contributed by atoms with Crippen molar-refractivity contribution in [3.63, 3.8) is 0 Å². The van der Waals surface area contributed by atoms with Gasteiger partial charge in [-0.15, -0.1) is 0 Å². The first-order chi connectivity index (χ1) is 9.74. The SMILES string of the molecule is Cc1cc(C)c(S(=O)(=O)NCC2CCCC2O)c(C)c1N. The zero-order valence-corrected chi connectivity index (χ0v) is 13.6. The van der Waals surface area contributed by atoms with Gasteiger partial charge in [-0.25, -0.2) is 13.1 Å². The van der Waals surface area contributed by atoms with E-state index in [1.165, 1.54) is 0 Å². The number of benzene rings is 1. The Balaban J connectivity index is 2.26. The Kier molecular flexibility index (Phi) is 4.60. The van der Waals surface area contributed by atoms with Crippen molar-refractivity contribution in [2.75, 3.05) is 12.3 Å². The monoisotopic (exact) mass is 312 g/mol. The fourth-order valence-corrected chi connectivity index (χ4v) is 4.71. The molecule has 2 unspecified atom stereocenters. The number of rotatable bonds is 4. The Morgan fingerprint density at radius 1 is 1.29 bits per heavy atom. The fraction of sp³-hybridized carbons (Fsp3) is 0.600. The number of aliphatic hydroxyl groups is 1. The van der Waals surface area contributed by atoms with Gasteiger partial charge in [0.25, 0.3) is 0 Å². The van der Waals surface area contributed by atoms with E-state index in [1.807, 2.05) is 6.92 Å². The topological polar surface area (TPSA) is 92.4 Å². The minimum Gasteiger partial charge on any atom is -0.398 e. The van der Waals surface area contributed by atoms with Crippen LogP contribution in [-0.2, 0) is 10.0 Å². The maximum Gasteiger partial charge on any atom is 0.241 e. The summed E-state index contributed by atoms with van der Waals surface area (Å²) in [4.78, 5) is 0.262. The second-order valence-corrected chi connectivity index (χ2v) is 7.69. The number of hydrogen-bond donors (Lipinski definition) is 3. The molecule has 118 valence electrons. The molecule has 0 saturated heterocycles. The molecule has 0 radical (unpaired) electrons. The van der Waals surface area contributed by atoms with E-state index in [1.54, 1.807) is 19.9 Å². The van der Waals surface area contributed by atoms with E-state index >= 15 is 0 Å². The molecule has 2 atom stereocenters. The third-order valence-electron chi connectivity index (χ3n) is 4.38. The highest BCUT2D eigenvalue weighted by Gasteiger charge is 2.28. The molecule has 0 aliphatic heterocycles. The van der Waals surface area contributed by atoms with Crippen LogP contribution in [0.1, 0.15) is 36.0 Å². The summed E-state index contributed by atoms with van der Waals surface area (Å²) in [6.07, 6.45) is 2.15. The molecular formula is C15H24N2O3S. The number of nitrogen functional groups attached to an aromatic ring is 1.